The van der Waals surface area contributed by atoms with Crippen LogP contribution in [-0.4, -0.2) is 90.4 Å². The van der Waals surface area contributed by atoms with Gasteiger partial charge in [0.05, 0.1) is 35.7 Å². The summed E-state index contributed by atoms with van der Waals surface area (Å²) in [6.45, 7) is 4.99. The van der Waals surface area contributed by atoms with E-state index in [1.54, 1.807) is 4.90 Å². The van der Waals surface area contributed by atoms with Crippen LogP contribution in [-0.2, 0) is 20.5 Å². The van der Waals surface area contributed by atoms with Crippen molar-refractivity contribution >= 4 is 27.5 Å². The molecule has 0 unspecified atom stereocenters. The van der Waals surface area contributed by atoms with Gasteiger partial charge >= 0.3 is 11.7 Å². The third-order valence-electron chi connectivity index (χ3n) is 7.70. The van der Waals surface area contributed by atoms with Crippen LogP contribution in [0.15, 0.2) is 53.5 Å². The average molecular weight is 677 g/mol. The number of amides is 1. The Bertz CT molecular complexity index is 1780. The summed E-state index contributed by atoms with van der Waals surface area (Å²) >= 11 is 0. The summed E-state index contributed by atoms with van der Waals surface area (Å²) in [6, 6.07) is 7.87. The molecule has 2 aromatic carbocycles. The maximum atomic E-state index is 14.0. The summed E-state index contributed by atoms with van der Waals surface area (Å²) in [5.41, 5.74) is -0.435. The van der Waals surface area contributed by atoms with Crippen molar-refractivity contribution in [2.24, 2.45) is 5.92 Å². The van der Waals surface area contributed by atoms with Crippen LogP contribution >= 0.6 is 0 Å². The van der Waals surface area contributed by atoms with Crippen molar-refractivity contribution in [1.82, 2.24) is 19.0 Å². The number of non-ortho nitro benzene ring substituents is 1. The van der Waals surface area contributed by atoms with Crippen molar-refractivity contribution in [3.8, 4) is 11.4 Å². The number of likely N-dealkylation sites (tertiary alicyclic amines) is 1. The molecule has 1 atom stereocenters. The summed E-state index contributed by atoms with van der Waals surface area (Å²) in [5.74, 6) is -2.17. The second kappa shape index (κ2) is 14.0. The molecule has 3 heterocycles. The molecule has 0 saturated carbocycles. The first kappa shape index (κ1) is 33.7. The number of anilines is 1. The Morgan fingerprint density at radius 1 is 1.06 bits per heavy atom. The maximum absolute atomic E-state index is 14.0. The third-order valence-corrected chi connectivity index (χ3v) is 9.55. The molecular formula is C30H34F2N6O8S. The first-order valence-electron chi connectivity index (χ1n) is 14.9. The Morgan fingerprint density at radius 2 is 1.72 bits per heavy atom. The van der Waals surface area contributed by atoms with Gasteiger partial charge in [0, 0.05) is 57.3 Å². The summed E-state index contributed by atoms with van der Waals surface area (Å²) < 4.78 is 68.1. The van der Waals surface area contributed by atoms with Gasteiger partial charge in [-0.25, -0.2) is 22.0 Å². The molecule has 0 radical (unpaired) electrons. The normalized spacial score (nSPS) is 17.3. The molecule has 252 valence electrons. The Balaban J connectivity index is 1.35. The summed E-state index contributed by atoms with van der Waals surface area (Å²) in [7, 11) is -3.78. The van der Waals surface area contributed by atoms with E-state index in [0.717, 1.165) is 16.8 Å². The number of carbonyl (C=O) groups is 1. The van der Waals surface area contributed by atoms with Gasteiger partial charge in [-0.15, -0.1) is 0 Å². The summed E-state index contributed by atoms with van der Waals surface area (Å²) in [5, 5.41) is 15.1. The number of aromatic nitrogens is 2. The number of halogens is 2. The second-order valence-electron chi connectivity index (χ2n) is 11.7. The van der Waals surface area contributed by atoms with Gasteiger partial charge in [0.15, 0.2) is 0 Å². The van der Waals surface area contributed by atoms with Gasteiger partial charge in [-0.05, 0) is 23.6 Å². The van der Waals surface area contributed by atoms with E-state index < -0.39 is 44.3 Å². The number of piperazine rings is 1. The number of nitrogens with zero attached hydrogens (tertiary/aromatic N) is 6. The van der Waals surface area contributed by atoms with Gasteiger partial charge in [-0.2, -0.15) is 14.1 Å². The van der Waals surface area contributed by atoms with Crippen molar-refractivity contribution in [2.45, 2.75) is 32.1 Å². The first-order valence-corrected chi connectivity index (χ1v) is 16.5. The van der Waals surface area contributed by atoms with Crippen molar-refractivity contribution in [3.63, 3.8) is 0 Å². The average Bonchev–Trinajstić information content (AvgIpc) is 3.49. The largest absolute Gasteiger partial charge is 0.481 e. The first-order chi connectivity index (χ1) is 22.3. The molecule has 2 aliphatic heterocycles. The smallest absolute Gasteiger partial charge is 0.409 e. The molecule has 17 heteroatoms. The zero-order chi connectivity index (χ0) is 33.9. The van der Waals surface area contributed by atoms with Crippen molar-refractivity contribution in [3.05, 3.63) is 86.3 Å². The monoisotopic (exact) mass is 676 g/mol. The van der Waals surface area contributed by atoms with Crippen molar-refractivity contribution in [1.29, 1.82) is 0 Å². The third kappa shape index (κ3) is 8.02. The van der Waals surface area contributed by atoms with E-state index in [4.69, 9.17) is 9.47 Å². The quantitative estimate of drug-likeness (QED) is 0.231. The van der Waals surface area contributed by atoms with E-state index in [9.17, 15) is 36.9 Å². The molecule has 1 aromatic heterocycles. The van der Waals surface area contributed by atoms with E-state index in [-0.39, 0.29) is 73.8 Å². The van der Waals surface area contributed by atoms with Crippen LogP contribution in [0.5, 0.6) is 5.75 Å². The summed E-state index contributed by atoms with van der Waals surface area (Å²) in [4.78, 5) is 39.9. The number of nitro groups is 1. The van der Waals surface area contributed by atoms with Crippen LogP contribution in [0.25, 0.3) is 5.69 Å². The van der Waals surface area contributed by atoms with E-state index in [0.29, 0.717) is 24.6 Å². The van der Waals surface area contributed by atoms with Gasteiger partial charge in [0.25, 0.3) is 5.69 Å². The number of rotatable bonds is 10. The highest BCUT2D eigenvalue weighted by Crippen LogP contribution is 2.29. The molecule has 47 heavy (non-hydrogen) atoms. The Kier molecular flexibility index (Phi) is 10.0. The van der Waals surface area contributed by atoms with Gasteiger partial charge in [0.2, 0.25) is 15.8 Å². The van der Waals surface area contributed by atoms with E-state index in [1.807, 2.05) is 13.8 Å². The van der Waals surface area contributed by atoms with Crippen molar-refractivity contribution in [2.75, 3.05) is 50.8 Å². The zero-order valence-electron chi connectivity index (χ0n) is 25.8. The Hall–Kier alpha value is -4.64. The molecule has 0 N–H and O–H groups in total. The fourth-order valence-corrected chi connectivity index (χ4v) is 6.84. The van der Waals surface area contributed by atoms with Crippen molar-refractivity contribution < 1.29 is 36.4 Å². The maximum Gasteiger partial charge on any atom is 0.409 e. The minimum absolute atomic E-state index is 0.0614. The number of hydrogen-bond acceptors (Lipinski definition) is 10. The van der Waals surface area contributed by atoms with Crippen LogP contribution in [0.1, 0.15) is 25.8 Å². The fourth-order valence-electron chi connectivity index (χ4n) is 5.32. The number of benzene rings is 2. The lowest BCUT2D eigenvalue weighted by molar-refractivity contribution is -0.384. The topological polar surface area (TPSA) is 157 Å². The van der Waals surface area contributed by atoms with Crippen LogP contribution in [0.4, 0.5) is 25.0 Å². The number of nitro benzene ring substituents is 1. The molecule has 2 fully saturated rings. The highest BCUT2D eigenvalue weighted by atomic mass is 32.2. The molecule has 0 aliphatic carbocycles. The molecule has 1 amide bonds. The van der Waals surface area contributed by atoms with Gasteiger partial charge in [-0.3, -0.25) is 14.9 Å². The standard InChI is InChI=1S/C30H34F2N6O8S/c1-20(2)18-45-30(40)35-8-7-26(17-35)46-28-27(16-33-37(29(28)39)25-14-22(31)13-23(32)15-25)34-9-11-36(12-10-34)47(43,44)19-21-3-5-24(6-4-21)38(41)42/h3-6,13-16,20,26H,7-12,17-19H2,1-2H3/t26-/m1/s1. The summed E-state index contributed by atoms with van der Waals surface area (Å²) in [6.07, 6.45) is 0.612. The molecular weight excluding hydrogens is 642 g/mol. The molecule has 2 saturated heterocycles. The SMILES string of the molecule is CC(C)COC(=O)N1CC[C@@H](Oc2c(N3CCN(S(=O)(=O)Cc4ccc([N+](=O)[O-])cc4)CC3)cnn(-c3cc(F)cc(F)c3)c2=O)C1. The molecule has 0 spiro atoms. The predicted octanol–water partition coefficient (Wildman–Crippen LogP) is 3.32. The Labute approximate surface area is 269 Å². The van der Waals surface area contributed by atoms with E-state index in [2.05, 4.69) is 5.10 Å². The van der Waals surface area contributed by atoms with E-state index >= 15 is 0 Å². The number of sulfonamides is 1. The Morgan fingerprint density at radius 3 is 2.34 bits per heavy atom. The number of ether oxygens (including phenoxy) is 2. The minimum Gasteiger partial charge on any atom is -0.481 e. The van der Waals surface area contributed by atoms with E-state index in [1.165, 1.54) is 39.7 Å². The highest BCUT2D eigenvalue weighted by Gasteiger charge is 2.33. The van der Waals surface area contributed by atoms with Gasteiger partial charge in [-0.1, -0.05) is 26.0 Å². The van der Waals surface area contributed by atoms with Gasteiger partial charge < -0.3 is 19.3 Å². The molecule has 5 rings (SSSR count). The lowest BCUT2D eigenvalue weighted by atomic mass is 10.2. The molecule has 0 bridgehead atoms. The molecule has 3 aromatic rings. The number of carbonyl (C=O) groups excluding carboxylic acids is 1. The minimum atomic E-state index is -3.78. The van der Waals surface area contributed by atoms with Gasteiger partial charge in [0.1, 0.15) is 23.4 Å². The second-order valence-corrected chi connectivity index (χ2v) is 13.7. The highest BCUT2D eigenvalue weighted by molar-refractivity contribution is 7.88. The lowest BCUT2D eigenvalue weighted by Crippen LogP contribution is -2.49. The van der Waals surface area contributed by atoms with Crippen LogP contribution < -0.4 is 15.2 Å². The molecule has 14 nitrogen and oxygen atoms in total. The fraction of sp³-hybridized carbons (Fsp3) is 0.433. The van der Waals surface area contributed by atoms with Crippen LogP contribution in [0.3, 0.4) is 0 Å². The van der Waals surface area contributed by atoms with Crippen LogP contribution in [0, 0.1) is 27.7 Å². The van der Waals surface area contributed by atoms with Crippen LogP contribution in [0.2, 0.25) is 0 Å². The lowest BCUT2D eigenvalue weighted by Gasteiger charge is -2.36. The zero-order valence-corrected chi connectivity index (χ0v) is 26.6. The number of hydrogen-bond donors (Lipinski definition) is 0. The predicted molar refractivity (Wildman–Crippen MR) is 166 cm³/mol. The molecule has 2 aliphatic rings.